The van der Waals surface area contributed by atoms with Crippen LogP contribution in [0.3, 0.4) is 0 Å². The minimum atomic E-state index is -0.334. The number of carbonyl (C=O) groups excluding carboxylic acids is 2. The quantitative estimate of drug-likeness (QED) is 0.889. The van der Waals surface area contributed by atoms with E-state index in [0.717, 1.165) is 5.69 Å². The molecule has 0 fully saturated rings. The molecule has 0 aliphatic carbocycles. The molecular formula is C18H23ClN4O2. The summed E-state index contributed by atoms with van der Waals surface area (Å²) in [4.78, 5) is 26.2. The molecule has 0 unspecified atom stereocenters. The zero-order valence-electron chi connectivity index (χ0n) is 14.9. The minimum Gasteiger partial charge on any atom is -0.350 e. The molecule has 0 saturated carbocycles. The molecule has 1 aromatic heterocycles. The molecule has 0 aliphatic heterocycles. The molecule has 0 bridgehead atoms. The average Bonchev–Trinajstić information content (AvgIpc) is 3.01. The van der Waals surface area contributed by atoms with Crippen molar-refractivity contribution in [3.8, 4) is 5.69 Å². The first kappa shape index (κ1) is 19.0. The van der Waals surface area contributed by atoms with Crippen LogP contribution in [-0.4, -0.2) is 45.1 Å². The summed E-state index contributed by atoms with van der Waals surface area (Å²) in [6.45, 7) is 7.99. The Morgan fingerprint density at radius 3 is 2.44 bits per heavy atom. The van der Waals surface area contributed by atoms with Crippen LogP contribution in [0.15, 0.2) is 36.7 Å². The van der Waals surface area contributed by atoms with Crippen LogP contribution < -0.4 is 5.32 Å². The second-order valence-corrected chi connectivity index (χ2v) is 7.20. The Labute approximate surface area is 152 Å². The largest absolute Gasteiger partial charge is 0.350 e. The first-order chi connectivity index (χ1) is 11.7. The van der Waals surface area contributed by atoms with E-state index in [0.29, 0.717) is 17.1 Å². The summed E-state index contributed by atoms with van der Waals surface area (Å²) in [5, 5.41) is 7.71. The topological polar surface area (TPSA) is 67.2 Å². The van der Waals surface area contributed by atoms with Crippen molar-refractivity contribution in [2.24, 2.45) is 0 Å². The molecular weight excluding hydrogens is 340 g/mol. The molecule has 0 saturated heterocycles. The van der Waals surface area contributed by atoms with Gasteiger partial charge in [-0.25, -0.2) is 4.68 Å². The Hall–Kier alpha value is -2.34. The van der Waals surface area contributed by atoms with Gasteiger partial charge in [-0.1, -0.05) is 11.6 Å². The number of hydrogen-bond acceptors (Lipinski definition) is 3. The molecule has 25 heavy (non-hydrogen) atoms. The van der Waals surface area contributed by atoms with Gasteiger partial charge < -0.3 is 10.2 Å². The smallest absolute Gasteiger partial charge is 0.257 e. The molecule has 0 aliphatic rings. The number of halogens is 1. The van der Waals surface area contributed by atoms with Gasteiger partial charge in [0.25, 0.3) is 5.91 Å². The molecule has 0 radical (unpaired) electrons. The van der Waals surface area contributed by atoms with E-state index >= 15 is 0 Å². The lowest BCUT2D eigenvalue weighted by Gasteiger charge is -2.24. The lowest BCUT2D eigenvalue weighted by atomic mass is 10.1. The Morgan fingerprint density at radius 2 is 1.88 bits per heavy atom. The van der Waals surface area contributed by atoms with Crippen LogP contribution in [-0.2, 0) is 4.79 Å². The summed E-state index contributed by atoms with van der Waals surface area (Å²) in [5.41, 5.74) is 0.899. The van der Waals surface area contributed by atoms with Crippen molar-refractivity contribution in [2.45, 2.75) is 33.2 Å². The minimum absolute atomic E-state index is 0.0126. The van der Waals surface area contributed by atoms with E-state index in [9.17, 15) is 9.59 Å². The van der Waals surface area contributed by atoms with Crippen LogP contribution in [0.1, 0.15) is 38.1 Å². The molecule has 2 aromatic rings. The zero-order valence-corrected chi connectivity index (χ0v) is 15.7. The van der Waals surface area contributed by atoms with Crippen molar-refractivity contribution < 1.29 is 9.59 Å². The first-order valence-corrected chi connectivity index (χ1v) is 8.48. The molecule has 6 nitrogen and oxygen atoms in total. The van der Waals surface area contributed by atoms with E-state index in [1.165, 1.54) is 11.1 Å². The highest BCUT2D eigenvalue weighted by Crippen LogP contribution is 2.14. The fourth-order valence-electron chi connectivity index (χ4n) is 2.31. The van der Waals surface area contributed by atoms with Gasteiger partial charge in [0.15, 0.2) is 0 Å². The van der Waals surface area contributed by atoms with Gasteiger partial charge in [-0.2, -0.15) is 5.10 Å². The Morgan fingerprint density at radius 1 is 1.24 bits per heavy atom. The Kier molecular flexibility index (Phi) is 5.85. The molecule has 2 amide bonds. The molecule has 134 valence electrons. The third-order valence-corrected chi connectivity index (χ3v) is 3.69. The number of likely N-dealkylation sites (N-methyl/N-ethyl adjacent to an activating group) is 1. The summed E-state index contributed by atoms with van der Waals surface area (Å²) in [5.74, 6) is -0.417. The number of hydrogen-bond donors (Lipinski definition) is 1. The number of rotatable bonds is 5. The number of benzene rings is 1. The second-order valence-electron chi connectivity index (χ2n) is 6.77. The standard InChI is InChI=1S/C18H23ClN4O2/c1-5-22(12-16(24)21-18(2,3)4)17(25)13-10-20-23(11-13)15-8-6-14(19)7-9-15/h6-11H,5,12H2,1-4H3,(H,21,24). The molecule has 1 heterocycles. The molecule has 0 atom stereocenters. The van der Waals surface area contributed by atoms with Gasteiger partial charge >= 0.3 is 0 Å². The van der Waals surface area contributed by atoms with Crippen LogP contribution in [0.4, 0.5) is 0 Å². The van der Waals surface area contributed by atoms with Crippen molar-refractivity contribution in [1.29, 1.82) is 0 Å². The van der Waals surface area contributed by atoms with Crippen LogP contribution in [0, 0.1) is 0 Å². The molecule has 0 spiro atoms. The Balaban J connectivity index is 2.10. The highest BCUT2D eigenvalue weighted by molar-refractivity contribution is 6.30. The fraction of sp³-hybridized carbons (Fsp3) is 0.389. The van der Waals surface area contributed by atoms with Gasteiger partial charge in [-0.3, -0.25) is 9.59 Å². The lowest BCUT2D eigenvalue weighted by Crippen LogP contribution is -2.47. The van der Waals surface area contributed by atoms with Crippen LogP contribution in [0.5, 0.6) is 0 Å². The van der Waals surface area contributed by atoms with Crippen LogP contribution >= 0.6 is 11.6 Å². The molecule has 1 aromatic carbocycles. The van der Waals surface area contributed by atoms with E-state index in [2.05, 4.69) is 10.4 Å². The number of aromatic nitrogens is 2. The number of amides is 2. The van der Waals surface area contributed by atoms with Gasteiger partial charge in [0, 0.05) is 23.3 Å². The van der Waals surface area contributed by atoms with Gasteiger partial charge in [0.1, 0.15) is 0 Å². The van der Waals surface area contributed by atoms with E-state index in [1.54, 1.807) is 23.0 Å². The molecule has 7 heteroatoms. The maximum atomic E-state index is 12.6. The summed E-state index contributed by atoms with van der Waals surface area (Å²) >= 11 is 5.88. The number of nitrogens with zero attached hydrogens (tertiary/aromatic N) is 3. The zero-order chi connectivity index (χ0) is 18.6. The first-order valence-electron chi connectivity index (χ1n) is 8.10. The lowest BCUT2D eigenvalue weighted by molar-refractivity contribution is -0.123. The monoisotopic (exact) mass is 362 g/mol. The number of carbonyl (C=O) groups is 2. The highest BCUT2D eigenvalue weighted by Gasteiger charge is 2.21. The third-order valence-electron chi connectivity index (χ3n) is 3.44. The van der Waals surface area contributed by atoms with Crippen molar-refractivity contribution in [2.75, 3.05) is 13.1 Å². The van der Waals surface area contributed by atoms with Crippen LogP contribution in [0.2, 0.25) is 5.02 Å². The molecule has 1 N–H and O–H groups in total. The van der Waals surface area contributed by atoms with E-state index in [4.69, 9.17) is 11.6 Å². The summed E-state index contributed by atoms with van der Waals surface area (Å²) in [6.07, 6.45) is 3.15. The van der Waals surface area contributed by atoms with Gasteiger partial charge in [0.2, 0.25) is 5.91 Å². The summed E-state index contributed by atoms with van der Waals surface area (Å²) in [7, 11) is 0. The van der Waals surface area contributed by atoms with Crippen LogP contribution in [0.25, 0.3) is 5.69 Å². The van der Waals surface area contributed by atoms with Gasteiger partial charge in [-0.15, -0.1) is 0 Å². The predicted octanol–water partition coefficient (Wildman–Crippen LogP) is 2.90. The summed E-state index contributed by atoms with van der Waals surface area (Å²) < 4.78 is 1.60. The van der Waals surface area contributed by atoms with Gasteiger partial charge in [0.05, 0.1) is 24.0 Å². The van der Waals surface area contributed by atoms with Crippen molar-refractivity contribution in [1.82, 2.24) is 20.0 Å². The highest BCUT2D eigenvalue weighted by atomic mass is 35.5. The normalized spacial score (nSPS) is 11.2. The predicted molar refractivity (Wildman–Crippen MR) is 98.0 cm³/mol. The molecule has 2 rings (SSSR count). The van der Waals surface area contributed by atoms with E-state index in [1.807, 2.05) is 39.8 Å². The summed E-state index contributed by atoms with van der Waals surface area (Å²) in [6, 6.07) is 7.15. The van der Waals surface area contributed by atoms with Crippen molar-refractivity contribution in [3.63, 3.8) is 0 Å². The fourth-order valence-corrected chi connectivity index (χ4v) is 2.44. The van der Waals surface area contributed by atoms with Crippen molar-refractivity contribution in [3.05, 3.63) is 47.2 Å². The van der Waals surface area contributed by atoms with E-state index in [-0.39, 0.29) is 23.9 Å². The van der Waals surface area contributed by atoms with Crippen molar-refractivity contribution >= 4 is 23.4 Å². The maximum Gasteiger partial charge on any atom is 0.257 e. The van der Waals surface area contributed by atoms with Gasteiger partial charge in [-0.05, 0) is 52.0 Å². The SMILES string of the molecule is CCN(CC(=O)NC(C)(C)C)C(=O)c1cnn(-c2ccc(Cl)cc2)c1. The maximum absolute atomic E-state index is 12.6. The second kappa shape index (κ2) is 7.70. The third kappa shape index (κ3) is 5.32. The average molecular weight is 363 g/mol. The Bertz CT molecular complexity index is 747. The number of nitrogens with one attached hydrogen (secondary N) is 1. The van der Waals surface area contributed by atoms with E-state index < -0.39 is 0 Å².